The van der Waals surface area contributed by atoms with Gasteiger partial charge in [0, 0.05) is 17.7 Å². The van der Waals surface area contributed by atoms with Crippen molar-refractivity contribution < 1.29 is 27.3 Å². The number of hydrogen-bond acceptors (Lipinski definition) is 6. The summed E-state index contributed by atoms with van der Waals surface area (Å²) in [7, 11) is 0. The van der Waals surface area contributed by atoms with Gasteiger partial charge >= 0.3 is 12.1 Å². The highest BCUT2D eigenvalue weighted by atomic mass is 19.4. The summed E-state index contributed by atoms with van der Waals surface area (Å²) in [4.78, 5) is 27.3. The van der Waals surface area contributed by atoms with Crippen molar-refractivity contribution in [3.63, 3.8) is 0 Å². The van der Waals surface area contributed by atoms with Crippen LogP contribution in [0.15, 0.2) is 41.4 Å². The zero-order chi connectivity index (χ0) is 19.3. The van der Waals surface area contributed by atoms with E-state index >= 15 is 0 Å². The number of rotatable bonds is 6. The summed E-state index contributed by atoms with van der Waals surface area (Å²) in [6.07, 6.45) is -3.37. The Labute approximate surface area is 145 Å². The van der Waals surface area contributed by atoms with Crippen molar-refractivity contribution in [1.82, 2.24) is 15.5 Å². The summed E-state index contributed by atoms with van der Waals surface area (Å²) < 4.78 is 41.5. The average Bonchev–Trinajstić information content (AvgIpc) is 3.11. The maximum atomic E-state index is 12.5. The molecule has 0 fully saturated rings. The van der Waals surface area contributed by atoms with Gasteiger partial charge in [-0.3, -0.25) is 9.59 Å². The minimum Gasteiger partial charge on any atom is -0.351 e. The molecule has 0 unspecified atom stereocenters. The van der Waals surface area contributed by atoms with E-state index in [2.05, 4.69) is 26.6 Å². The molecule has 1 amide bonds. The van der Waals surface area contributed by atoms with Gasteiger partial charge in [-0.15, -0.1) is 6.58 Å². The van der Waals surface area contributed by atoms with Crippen molar-refractivity contribution >= 4 is 11.7 Å². The van der Waals surface area contributed by atoms with E-state index < -0.39 is 29.7 Å². The SMILES string of the molecule is C=CCNC(=O)[C@H](C#N)C(=O)c1ccc(-c2noc(C(F)(F)F)n2)cc1. The summed E-state index contributed by atoms with van der Waals surface area (Å²) in [5, 5.41) is 14.6. The van der Waals surface area contributed by atoms with Gasteiger partial charge in [0.05, 0.1) is 6.07 Å². The normalized spacial score (nSPS) is 12.1. The van der Waals surface area contributed by atoms with Crippen LogP contribution in [-0.4, -0.2) is 28.4 Å². The lowest BCUT2D eigenvalue weighted by Crippen LogP contribution is -2.34. The second kappa shape index (κ2) is 7.60. The Morgan fingerprint density at radius 3 is 2.50 bits per heavy atom. The lowest BCUT2D eigenvalue weighted by atomic mass is 9.97. The Balaban J connectivity index is 2.19. The molecule has 2 aromatic rings. The Morgan fingerprint density at radius 1 is 1.35 bits per heavy atom. The molecule has 0 aliphatic carbocycles. The molecule has 0 aliphatic rings. The molecule has 134 valence electrons. The topological polar surface area (TPSA) is 109 Å². The molecule has 1 N–H and O–H groups in total. The summed E-state index contributed by atoms with van der Waals surface area (Å²) in [6, 6.07) is 6.70. The van der Waals surface area contributed by atoms with E-state index in [1.54, 1.807) is 6.07 Å². The monoisotopic (exact) mass is 364 g/mol. The number of nitrogens with one attached hydrogen (secondary N) is 1. The van der Waals surface area contributed by atoms with Gasteiger partial charge in [0.15, 0.2) is 11.7 Å². The first-order chi connectivity index (χ1) is 12.3. The quantitative estimate of drug-likeness (QED) is 0.479. The van der Waals surface area contributed by atoms with Crippen LogP contribution < -0.4 is 5.32 Å². The Bertz CT molecular complexity index is 866. The highest BCUT2D eigenvalue weighted by molar-refractivity contribution is 6.12. The van der Waals surface area contributed by atoms with E-state index in [9.17, 15) is 22.8 Å². The van der Waals surface area contributed by atoms with Gasteiger partial charge in [0.25, 0.3) is 0 Å². The van der Waals surface area contributed by atoms with Crippen molar-refractivity contribution in [1.29, 1.82) is 5.26 Å². The number of halogens is 3. The molecule has 1 aromatic heterocycles. The smallest absolute Gasteiger partial charge is 0.351 e. The zero-order valence-electron chi connectivity index (χ0n) is 13.1. The zero-order valence-corrected chi connectivity index (χ0v) is 13.1. The van der Waals surface area contributed by atoms with Gasteiger partial charge in [-0.25, -0.2) is 0 Å². The molecule has 1 atom stereocenters. The van der Waals surface area contributed by atoms with Gasteiger partial charge < -0.3 is 9.84 Å². The molecule has 1 aromatic carbocycles. The third-order valence-electron chi connectivity index (χ3n) is 3.17. The first-order valence-electron chi connectivity index (χ1n) is 7.11. The first-order valence-corrected chi connectivity index (χ1v) is 7.11. The number of nitriles is 1. The van der Waals surface area contributed by atoms with E-state index in [4.69, 9.17) is 5.26 Å². The second-order valence-electron chi connectivity index (χ2n) is 4.96. The summed E-state index contributed by atoms with van der Waals surface area (Å²) in [6.45, 7) is 3.50. The second-order valence-corrected chi connectivity index (χ2v) is 4.96. The van der Waals surface area contributed by atoms with E-state index in [0.29, 0.717) is 0 Å². The number of nitrogens with zero attached hydrogens (tertiary/aromatic N) is 3. The maximum absolute atomic E-state index is 12.5. The van der Waals surface area contributed by atoms with Crippen LogP contribution in [0.25, 0.3) is 11.4 Å². The van der Waals surface area contributed by atoms with Crippen LogP contribution in [-0.2, 0) is 11.0 Å². The van der Waals surface area contributed by atoms with Crippen LogP contribution in [0.1, 0.15) is 16.2 Å². The fraction of sp³-hybridized carbons (Fsp3) is 0.188. The Morgan fingerprint density at radius 2 is 2.00 bits per heavy atom. The van der Waals surface area contributed by atoms with Gasteiger partial charge in [-0.05, 0) is 0 Å². The molecule has 0 bridgehead atoms. The van der Waals surface area contributed by atoms with Crippen molar-refractivity contribution in [2.24, 2.45) is 5.92 Å². The number of ketones is 1. The average molecular weight is 364 g/mol. The van der Waals surface area contributed by atoms with Crippen LogP contribution in [0.4, 0.5) is 13.2 Å². The minimum absolute atomic E-state index is 0.0357. The highest BCUT2D eigenvalue weighted by Crippen LogP contribution is 2.29. The Hall–Kier alpha value is -3.48. The standard InChI is InChI=1S/C16H11F3N4O3/c1-2-7-21-14(25)11(8-20)12(24)9-3-5-10(6-4-9)13-22-15(26-23-13)16(17,18)19/h2-6,11H,1,7H2,(H,21,25)/t11-/m1/s1. The van der Waals surface area contributed by atoms with Crippen LogP contribution in [0.3, 0.4) is 0 Å². The molecule has 2 rings (SSSR count). The summed E-state index contributed by atoms with van der Waals surface area (Å²) >= 11 is 0. The van der Waals surface area contributed by atoms with Gasteiger partial charge in [0.2, 0.25) is 11.7 Å². The molecule has 7 nitrogen and oxygen atoms in total. The lowest BCUT2D eigenvalue weighted by molar-refractivity contribution is -0.159. The van der Waals surface area contributed by atoms with Gasteiger partial charge in [0.1, 0.15) is 0 Å². The van der Waals surface area contributed by atoms with E-state index in [1.807, 2.05) is 0 Å². The van der Waals surface area contributed by atoms with Crippen molar-refractivity contribution in [2.45, 2.75) is 6.18 Å². The number of benzene rings is 1. The van der Waals surface area contributed by atoms with Gasteiger partial charge in [-0.1, -0.05) is 35.5 Å². The maximum Gasteiger partial charge on any atom is 0.471 e. The molecule has 1 heterocycles. The number of hydrogen-bond donors (Lipinski definition) is 1. The van der Waals surface area contributed by atoms with E-state index in [1.165, 1.54) is 30.3 Å². The minimum atomic E-state index is -4.76. The van der Waals surface area contributed by atoms with Crippen LogP contribution >= 0.6 is 0 Å². The predicted octanol–water partition coefficient (Wildman–Crippen LogP) is 2.38. The van der Waals surface area contributed by atoms with Crippen molar-refractivity contribution in [3.05, 3.63) is 48.4 Å². The van der Waals surface area contributed by atoms with Gasteiger partial charge in [-0.2, -0.15) is 23.4 Å². The third-order valence-corrected chi connectivity index (χ3v) is 3.17. The summed E-state index contributed by atoms with van der Waals surface area (Å²) in [5.41, 5.74) is 0.207. The Kier molecular flexibility index (Phi) is 5.51. The lowest BCUT2D eigenvalue weighted by Gasteiger charge is -2.08. The molecule has 0 spiro atoms. The molecule has 10 heteroatoms. The molecular weight excluding hydrogens is 353 g/mol. The number of aromatic nitrogens is 2. The van der Waals surface area contributed by atoms with Crippen LogP contribution in [0, 0.1) is 17.2 Å². The van der Waals surface area contributed by atoms with Crippen LogP contribution in [0.5, 0.6) is 0 Å². The van der Waals surface area contributed by atoms with E-state index in [0.717, 1.165) is 0 Å². The molecule has 0 radical (unpaired) electrons. The van der Waals surface area contributed by atoms with Crippen LogP contribution in [0.2, 0.25) is 0 Å². The van der Waals surface area contributed by atoms with Crippen molar-refractivity contribution in [3.8, 4) is 17.5 Å². The molecule has 0 saturated heterocycles. The van der Waals surface area contributed by atoms with Crippen molar-refractivity contribution in [2.75, 3.05) is 6.54 Å². The number of carbonyl (C=O) groups excluding carboxylic acids is 2. The molecule has 0 saturated carbocycles. The third kappa shape index (κ3) is 4.13. The highest BCUT2D eigenvalue weighted by Gasteiger charge is 2.38. The largest absolute Gasteiger partial charge is 0.471 e. The number of carbonyl (C=O) groups is 2. The molecule has 26 heavy (non-hydrogen) atoms. The molecular formula is C16H11F3N4O3. The fourth-order valence-corrected chi connectivity index (χ4v) is 1.92. The fourth-order valence-electron chi connectivity index (χ4n) is 1.92. The number of alkyl halides is 3. The van der Waals surface area contributed by atoms with E-state index in [-0.39, 0.29) is 23.5 Å². The molecule has 0 aliphatic heterocycles. The summed E-state index contributed by atoms with van der Waals surface area (Å²) in [5.74, 6) is -4.87. The number of Topliss-reactive ketones (excluding diaryl/α,β-unsaturated/α-hetero) is 1. The number of amides is 1. The first kappa shape index (κ1) is 18.9. The predicted molar refractivity (Wildman–Crippen MR) is 81.4 cm³/mol.